The highest BCUT2D eigenvalue weighted by Gasteiger charge is 2.19. The van der Waals surface area contributed by atoms with Gasteiger partial charge < -0.3 is 16.0 Å². The first kappa shape index (κ1) is 19.4. The molecule has 0 heterocycles. The Labute approximate surface area is 153 Å². The van der Waals surface area contributed by atoms with Gasteiger partial charge in [-0.05, 0) is 43.2 Å². The summed E-state index contributed by atoms with van der Waals surface area (Å²) >= 11 is 0. The van der Waals surface area contributed by atoms with Gasteiger partial charge >= 0.3 is 6.03 Å². The van der Waals surface area contributed by atoms with Gasteiger partial charge in [0, 0.05) is 12.2 Å². The first-order chi connectivity index (χ1) is 12.5. The summed E-state index contributed by atoms with van der Waals surface area (Å²) in [6, 6.07) is 12.3. The van der Waals surface area contributed by atoms with Gasteiger partial charge in [-0.2, -0.15) is 0 Å². The Kier molecular flexibility index (Phi) is 7.14. The van der Waals surface area contributed by atoms with E-state index in [1.807, 2.05) is 38.1 Å². The molecule has 3 amide bonds. The van der Waals surface area contributed by atoms with Crippen LogP contribution in [0.15, 0.2) is 48.5 Å². The first-order valence-electron chi connectivity index (χ1n) is 8.64. The largest absolute Gasteiger partial charge is 0.334 e. The normalized spacial score (nSPS) is 11.5. The van der Waals surface area contributed by atoms with E-state index < -0.39 is 12.1 Å². The van der Waals surface area contributed by atoms with Crippen molar-refractivity contribution >= 4 is 17.6 Å². The number of hydrogen-bond donors (Lipinski definition) is 3. The smallest absolute Gasteiger partial charge is 0.315 e. The molecule has 6 heteroatoms. The number of carbonyl (C=O) groups is 2. The van der Waals surface area contributed by atoms with E-state index in [1.54, 1.807) is 12.1 Å². The molecule has 0 saturated heterocycles. The van der Waals surface area contributed by atoms with Gasteiger partial charge in [0.05, 0.1) is 0 Å². The number of nitrogens with one attached hydrogen (secondary N) is 3. The van der Waals surface area contributed by atoms with Gasteiger partial charge in [0.1, 0.15) is 11.9 Å². The average Bonchev–Trinajstić information content (AvgIpc) is 2.63. The van der Waals surface area contributed by atoms with Gasteiger partial charge in [0.15, 0.2) is 0 Å². The highest BCUT2D eigenvalue weighted by atomic mass is 19.1. The highest BCUT2D eigenvalue weighted by Crippen LogP contribution is 2.10. The van der Waals surface area contributed by atoms with Crippen LogP contribution in [0.2, 0.25) is 0 Å². The van der Waals surface area contributed by atoms with E-state index in [0.29, 0.717) is 12.1 Å². The lowest BCUT2D eigenvalue weighted by Crippen LogP contribution is -2.47. The molecule has 1 atom stereocenters. The van der Waals surface area contributed by atoms with Crippen LogP contribution in [0.1, 0.15) is 30.9 Å². The van der Waals surface area contributed by atoms with Crippen molar-refractivity contribution in [1.82, 2.24) is 10.6 Å². The number of halogens is 1. The molecule has 0 radical (unpaired) electrons. The van der Waals surface area contributed by atoms with E-state index in [9.17, 15) is 14.0 Å². The SMILES string of the molecule is CCC[C@@H](NC(=O)NCc1ccc(F)cc1)C(=O)Nc1ccc(C)cc1. The standard InChI is InChI=1S/C20H24FN3O2/c1-3-4-18(19(25)23-17-11-5-14(2)6-12-17)24-20(26)22-13-15-7-9-16(21)10-8-15/h5-12,18H,3-4,13H2,1-2H3,(H,23,25)(H2,22,24,26)/t18-/m1/s1. The minimum atomic E-state index is -0.630. The van der Waals surface area contributed by atoms with Crippen LogP contribution < -0.4 is 16.0 Å². The zero-order chi connectivity index (χ0) is 18.9. The van der Waals surface area contributed by atoms with Gasteiger partial charge in [0.2, 0.25) is 5.91 Å². The lowest BCUT2D eigenvalue weighted by molar-refractivity contribution is -0.118. The molecule has 0 fully saturated rings. The second-order valence-electron chi connectivity index (χ2n) is 6.15. The van der Waals surface area contributed by atoms with Crippen molar-refractivity contribution in [3.8, 4) is 0 Å². The predicted molar refractivity (Wildman–Crippen MR) is 100 cm³/mol. The fourth-order valence-corrected chi connectivity index (χ4v) is 2.42. The number of carbonyl (C=O) groups excluding carboxylic acids is 2. The molecule has 0 unspecified atom stereocenters. The molecule has 2 aromatic rings. The molecule has 0 bridgehead atoms. The topological polar surface area (TPSA) is 70.2 Å². The average molecular weight is 357 g/mol. The van der Waals surface area contributed by atoms with Crippen LogP contribution in [0.25, 0.3) is 0 Å². The van der Waals surface area contributed by atoms with Crippen LogP contribution in [0.3, 0.4) is 0 Å². The number of urea groups is 1. The molecular weight excluding hydrogens is 333 g/mol. The number of benzene rings is 2. The van der Waals surface area contributed by atoms with Crippen LogP contribution in [-0.2, 0) is 11.3 Å². The zero-order valence-electron chi connectivity index (χ0n) is 15.0. The van der Waals surface area contributed by atoms with E-state index in [-0.39, 0.29) is 18.3 Å². The van der Waals surface area contributed by atoms with E-state index in [0.717, 1.165) is 17.5 Å². The van der Waals surface area contributed by atoms with Gasteiger partial charge in [-0.25, -0.2) is 9.18 Å². The highest BCUT2D eigenvalue weighted by molar-refractivity contribution is 5.96. The monoisotopic (exact) mass is 357 g/mol. The maximum atomic E-state index is 12.9. The van der Waals surface area contributed by atoms with E-state index >= 15 is 0 Å². The van der Waals surface area contributed by atoms with Crippen molar-refractivity contribution in [1.29, 1.82) is 0 Å². The van der Waals surface area contributed by atoms with Crippen LogP contribution in [0, 0.1) is 12.7 Å². The number of rotatable bonds is 7. The Morgan fingerprint density at radius 1 is 1.04 bits per heavy atom. The van der Waals surface area contributed by atoms with E-state index in [4.69, 9.17) is 0 Å². The molecule has 0 aliphatic rings. The number of anilines is 1. The Hall–Kier alpha value is -2.89. The lowest BCUT2D eigenvalue weighted by atomic mass is 10.1. The predicted octanol–water partition coefficient (Wildman–Crippen LogP) is 3.74. The molecule has 26 heavy (non-hydrogen) atoms. The summed E-state index contributed by atoms with van der Waals surface area (Å²) in [5, 5.41) is 8.19. The van der Waals surface area contributed by atoms with Crippen molar-refractivity contribution in [2.75, 3.05) is 5.32 Å². The Morgan fingerprint density at radius 2 is 1.69 bits per heavy atom. The summed E-state index contributed by atoms with van der Waals surface area (Å²) < 4.78 is 12.9. The molecule has 5 nitrogen and oxygen atoms in total. The Morgan fingerprint density at radius 3 is 2.31 bits per heavy atom. The van der Waals surface area contributed by atoms with Crippen LogP contribution in [0.4, 0.5) is 14.9 Å². The molecule has 0 spiro atoms. The van der Waals surface area contributed by atoms with Crippen molar-refractivity contribution in [2.24, 2.45) is 0 Å². The molecule has 0 aliphatic carbocycles. The Bertz CT molecular complexity index is 730. The van der Waals surface area contributed by atoms with Crippen molar-refractivity contribution in [3.63, 3.8) is 0 Å². The molecule has 0 saturated carbocycles. The van der Waals surface area contributed by atoms with E-state index in [2.05, 4.69) is 16.0 Å². The third kappa shape index (κ3) is 6.20. The third-order valence-corrected chi connectivity index (χ3v) is 3.88. The second kappa shape index (κ2) is 9.56. The molecule has 0 aliphatic heterocycles. The quantitative estimate of drug-likeness (QED) is 0.706. The molecule has 2 aromatic carbocycles. The number of aryl methyl sites for hydroxylation is 1. The molecule has 0 aromatic heterocycles. The Balaban J connectivity index is 1.88. The van der Waals surface area contributed by atoms with Gasteiger partial charge in [-0.3, -0.25) is 4.79 Å². The van der Waals surface area contributed by atoms with Crippen LogP contribution >= 0.6 is 0 Å². The number of hydrogen-bond acceptors (Lipinski definition) is 2. The summed E-state index contributed by atoms with van der Waals surface area (Å²) in [6.07, 6.45) is 1.28. The fraction of sp³-hybridized carbons (Fsp3) is 0.300. The molecular formula is C20H24FN3O2. The van der Waals surface area contributed by atoms with Crippen molar-refractivity contribution in [3.05, 3.63) is 65.5 Å². The maximum absolute atomic E-state index is 12.9. The van der Waals surface area contributed by atoms with Gasteiger partial charge in [-0.15, -0.1) is 0 Å². The second-order valence-corrected chi connectivity index (χ2v) is 6.15. The first-order valence-corrected chi connectivity index (χ1v) is 8.64. The molecule has 2 rings (SSSR count). The summed E-state index contributed by atoms with van der Waals surface area (Å²) in [5.41, 5.74) is 2.57. The minimum Gasteiger partial charge on any atom is -0.334 e. The third-order valence-electron chi connectivity index (χ3n) is 3.88. The lowest BCUT2D eigenvalue weighted by Gasteiger charge is -2.18. The van der Waals surface area contributed by atoms with Gasteiger partial charge in [0.25, 0.3) is 0 Å². The number of amides is 3. The van der Waals surface area contributed by atoms with Crippen LogP contribution in [0.5, 0.6) is 0 Å². The summed E-state index contributed by atoms with van der Waals surface area (Å²) in [5.74, 6) is -0.582. The minimum absolute atomic E-state index is 0.255. The van der Waals surface area contributed by atoms with Crippen molar-refractivity contribution < 1.29 is 14.0 Å². The summed E-state index contributed by atoms with van der Waals surface area (Å²) in [7, 11) is 0. The van der Waals surface area contributed by atoms with Gasteiger partial charge in [-0.1, -0.05) is 43.2 Å². The van der Waals surface area contributed by atoms with Crippen LogP contribution in [-0.4, -0.2) is 18.0 Å². The molecule has 3 N–H and O–H groups in total. The van der Waals surface area contributed by atoms with Crippen molar-refractivity contribution in [2.45, 2.75) is 39.3 Å². The molecule has 138 valence electrons. The summed E-state index contributed by atoms with van der Waals surface area (Å²) in [4.78, 5) is 24.5. The maximum Gasteiger partial charge on any atom is 0.315 e. The van der Waals surface area contributed by atoms with E-state index in [1.165, 1.54) is 12.1 Å². The fourth-order valence-electron chi connectivity index (χ4n) is 2.42. The summed E-state index contributed by atoms with van der Waals surface area (Å²) in [6.45, 7) is 4.17. The zero-order valence-corrected chi connectivity index (χ0v) is 15.0.